The highest BCUT2D eigenvalue weighted by molar-refractivity contribution is 9.10. The minimum atomic E-state index is -4.46. The quantitative estimate of drug-likeness (QED) is 0.793. The molecule has 3 nitrogen and oxygen atoms in total. The fourth-order valence-electron chi connectivity index (χ4n) is 1.91. The number of nitrogens with zero attached hydrogens (tertiary/aromatic N) is 2. The number of hydrogen-bond acceptors (Lipinski definition) is 2. The first kappa shape index (κ1) is 14.3. The lowest BCUT2D eigenvalue weighted by molar-refractivity contribution is -0.147. The predicted octanol–water partition coefficient (Wildman–Crippen LogP) is 3.85. The Morgan fingerprint density at radius 3 is 2.74 bits per heavy atom. The Morgan fingerprint density at radius 1 is 1.37 bits per heavy atom. The summed E-state index contributed by atoms with van der Waals surface area (Å²) in [5, 5.41) is 0. The van der Waals surface area contributed by atoms with Crippen molar-refractivity contribution < 1.29 is 17.9 Å². The first-order valence-electron chi connectivity index (χ1n) is 5.65. The molecule has 0 fully saturated rings. The minimum absolute atomic E-state index is 0.218. The van der Waals surface area contributed by atoms with Gasteiger partial charge in [0, 0.05) is 24.7 Å². The van der Waals surface area contributed by atoms with E-state index in [9.17, 15) is 13.2 Å². The van der Waals surface area contributed by atoms with Gasteiger partial charge in [-0.3, -0.25) is 0 Å². The van der Waals surface area contributed by atoms with E-state index in [4.69, 9.17) is 4.74 Å². The maximum atomic E-state index is 13.0. The number of fused-ring (bicyclic) bond motifs is 1. The van der Waals surface area contributed by atoms with Crippen LogP contribution < -0.4 is 0 Å². The molecule has 0 N–H and O–H groups in total. The third-order valence-electron chi connectivity index (χ3n) is 2.69. The zero-order chi connectivity index (χ0) is 14.0. The van der Waals surface area contributed by atoms with Gasteiger partial charge in [0.1, 0.15) is 0 Å². The highest BCUT2D eigenvalue weighted by atomic mass is 79.9. The van der Waals surface area contributed by atoms with Crippen molar-refractivity contribution >= 4 is 27.0 Å². The summed E-state index contributed by atoms with van der Waals surface area (Å²) in [6.45, 7) is 0.626. The number of rotatable bonds is 4. The van der Waals surface area contributed by atoms with Crippen molar-refractivity contribution in [1.82, 2.24) is 9.55 Å². The summed E-state index contributed by atoms with van der Waals surface area (Å²) < 4.78 is 45.7. The number of methoxy groups -OCH3 is 1. The molecular formula is C12H12BrF3N2O. The molecule has 0 aliphatic heterocycles. The van der Waals surface area contributed by atoms with Gasteiger partial charge in [-0.1, -0.05) is 15.9 Å². The van der Waals surface area contributed by atoms with Crippen molar-refractivity contribution in [2.75, 3.05) is 13.7 Å². The summed E-state index contributed by atoms with van der Waals surface area (Å²) in [4.78, 5) is 3.68. The van der Waals surface area contributed by atoms with Crippen LogP contribution >= 0.6 is 15.9 Å². The van der Waals surface area contributed by atoms with E-state index in [-0.39, 0.29) is 6.54 Å². The number of ether oxygens (including phenoxy) is 1. The summed E-state index contributed by atoms with van der Waals surface area (Å²) in [6.07, 6.45) is -3.96. The van der Waals surface area contributed by atoms with Crippen LogP contribution in [-0.4, -0.2) is 23.3 Å². The molecule has 0 spiro atoms. The molecular weight excluding hydrogens is 325 g/mol. The molecule has 0 unspecified atom stereocenters. The van der Waals surface area contributed by atoms with E-state index in [2.05, 4.69) is 20.9 Å². The zero-order valence-corrected chi connectivity index (χ0v) is 11.8. The van der Waals surface area contributed by atoms with Crippen molar-refractivity contribution in [3.05, 3.63) is 28.5 Å². The molecule has 19 heavy (non-hydrogen) atoms. The molecule has 7 heteroatoms. The third kappa shape index (κ3) is 3.09. The van der Waals surface area contributed by atoms with E-state index in [1.54, 1.807) is 18.2 Å². The van der Waals surface area contributed by atoms with Gasteiger partial charge in [0.25, 0.3) is 0 Å². The molecule has 1 aromatic carbocycles. The molecule has 0 saturated carbocycles. The molecule has 0 amide bonds. The van der Waals surface area contributed by atoms with Crippen LogP contribution in [0.5, 0.6) is 0 Å². The number of alkyl halides is 3. The average Bonchev–Trinajstić information content (AvgIpc) is 2.68. The molecule has 0 aliphatic carbocycles. The maximum Gasteiger partial charge on any atom is 0.449 e. The number of aryl methyl sites for hydroxylation is 1. The Kier molecular flexibility index (Phi) is 4.15. The summed E-state index contributed by atoms with van der Waals surface area (Å²) in [5.74, 6) is -0.864. The van der Waals surface area contributed by atoms with Gasteiger partial charge in [-0.2, -0.15) is 13.2 Å². The number of hydrogen-bond donors (Lipinski definition) is 0. The summed E-state index contributed by atoms with van der Waals surface area (Å²) >= 11 is 3.26. The zero-order valence-electron chi connectivity index (χ0n) is 10.2. The third-order valence-corrected chi connectivity index (χ3v) is 3.19. The molecule has 0 atom stereocenters. The number of halogens is 4. The number of aromatic nitrogens is 2. The molecule has 0 saturated heterocycles. The first-order valence-corrected chi connectivity index (χ1v) is 6.44. The van der Waals surface area contributed by atoms with Crippen LogP contribution in [0.1, 0.15) is 12.2 Å². The van der Waals surface area contributed by atoms with Crippen molar-refractivity contribution in [3.8, 4) is 0 Å². The molecule has 2 aromatic rings. The van der Waals surface area contributed by atoms with E-state index in [0.29, 0.717) is 24.1 Å². The van der Waals surface area contributed by atoms with Crippen molar-refractivity contribution in [1.29, 1.82) is 0 Å². The molecule has 2 rings (SSSR count). The average molecular weight is 337 g/mol. The van der Waals surface area contributed by atoms with E-state index in [1.807, 2.05) is 0 Å². The summed E-state index contributed by atoms with van der Waals surface area (Å²) in [5.41, 5.74) is 0.811. The molecule has 0 bridgehead atoms. The lowest BCUT2D eigenvalue weighted by Crippen LogP contribution is -2.15. The maximum absolute atomic E-state index is 13.0. The van der Waals surface area contributed by atoms with Gasteiger partial charge in [-0.05, 0) is 24.6 Å². The normalized spacial score (nSPS) is 12.3. The standard InChI is InChI=1S/C12H12BrF3N2O/c1-19-6-2-5-18-10-7-8(13)3-4-9(10)17-11(18)12(14,15)16/h3-4,7H,2,5-6H2,1H3. The van der Waals surface area contributed by atoms with Gasteiger partial charge in [0.2, 0.25) is 5.82 Å². The molecule has 1 aromatic heterocycles. The van der Waals surface area contributed by atoms with Crippen LogP contribution in [-0.2, 0) is 17.5 Å². The topological polar surface area (TPSA) is 27.1 Å². The summed E-state index contributed by atoms with van der Waals surface area (Å²) in [6, 6.07) is 4.89. The van der Waals surface area contributed by atoms with Crippen molar-refractivity contribution in [3.63, 3.8) is 0 Å². The second kappa shape index (κ2) is 5.50. The minimum Gasteiger partial charge on any atom is -0.385 e. The number of imidazole rings is 1. The van der Waals surface area contributed by atoms with E-state index in [1.165, 1.54) is 11.7 Å². The largest absolute Gasteiger partial charge is 0.449 e. The lowest BCUT2D eigenvalue weighted by atomic mass is 10.3. The second-order valence-electron chi connectivity index (χ2n) is 4.06. The predicted molar refractivity (Wildman–Crippen MR) is 68.9 cm³/mol. The van der Waals surface area contributed by atoms with E-state index >= 15 is 0 Å². The highest BCUT2D eigenvalue weighted by Gasteiger charge is 2.37. The van der Waals surface area contributed by atoms with Crippen LogP contribution in [0.25, 0.3) is 11.0 Å². The van der Waals surface area contributed by atoms with Crippen LogP contribution in [0, 0.1) is 0 Å². The molecule has 0 radical (unpaired) electrons. The Hall–Kier alpha value is -1.08. The van der Waals surface area contributed by atoms with Crippen LogP contribution in [0.15, 0.2) is 22.7 Å². The molecule has 0 aliphatic rings. The van der Waals surface area contributed by atoms with Gasteiger partial charge in [0.05, 0.1) is 11.0 Å². The van der Waals surface area contributed by atoms with Crippen LogP contribution in [0.3, 0.4) is 0 Å². The molecule has 1 heterocycles. The fraction of sp³-hybridized carbons (Fsp3) is 0.417. The Labute approximate surface area is 116 Å². The van der Waals surface area contributed by atoms with Crippen LogP contribution in [0.2, 0.25) is 0 Å². The van der Waals surface area contributed by atoms with Crippen molar-refractivity contribution in [2.45, 2.75) is 19.1 Å². The Bertz CT molecular complexity index is 580. The van der Waals surface area contributed by atoms with E-state index in [0.717, 1.165) is 4.47 Å². The lowest BCUT2D eigenvalue weighted by Gasteiger charge is -2.11. The van der Waals surface area contributed by atoms with Gasteiger partial charge in [-0.25, -0.2) is 4.98 Å². The van der Waals surface area contributed by atoms with Gasteiger partial charge in [0.15, 0.2) is 0 Å². The van der Waals surface area contributed by atoms with Gasteiger partial charge < -0.3 is 9.30 Å². The molecule has 104 valence electrons. The number of benzene rings is 1. The second-order valence-corrected chi connectivity index (χ2v) is 4.98. The first-order chi connectivity index (χ1) is 8.93. The monoisotopic (exact) mass is 336 g/mol. The Morgan fingerprint density at radius 2 is 2.11 bits per heavy atom. The SMILES string of the molecule is COCCCn1c(C(F)(F)F)nc2ccc(Br)cc21. The highest BCUT2D eigenvalue weighted by Crippen LogP contribution is 2.32. The Balaban J connectivity index is 2.50. The van der Waals surface area contributed by atoms with Crippen molar-refractivity contribution in [2.24, 2.45) is 0 Å². The smallest absolute Gasteiger partial charge is 0.385 e. The summed E-state index contributed by atoms with van der Waals surface area (Å²) in [7, 11) is 1.52. The van der Waals surface area contributed by atoms with Gasteiger partial charge in [-0.15, -0.1) is 0 Å². The fourth-order valence-corrected chi connectivity index (χ4v) is 2.25. The van der Waals surface area contributed by atoms with Crippen LogP contribution in [0.4, 0.5) is 13.2 Å². The van der Waals surface area contributed by atoms with Gasteiger partial charge >= 0.3 is 6.18 Å². The van der Waals surface area contributed by atoms with E-state index < -0.39 is 12.0 Å².